The highest BCUT2D eigenvalue weighted by Crippen LogP contribution is 2.15. The molecule has 0 saturated heterocycles. The van der Waals surface area contributed by atoms with Gasteiger partial charge in [0.1, 0.15) is 0 Å². The Morgan fingerprint density at radius 3 is 3.23 bits per heavy atom. The Balaban J connectivity index is 2.02. The number of fused-ring (bicyclic) bond motifs is 1. The van der Waals surface area contributed by atoms with Crippen molar-refractivity contribution in [1.29, 1.82) is 0 Å². The number of carbonyl (C=O) groups is 1. The van der Waals surface area contributed by atoms with Gasteiger partial charge in [0.15, 0.2) is 0 Å². The number of hydrogen-bond acceptors (Lipinski definition) is 2. The molecule has 13 heavy (non-hydrogen) atoms. The number of nitrogens with zero attached hydrogens (tertiary/aromatic N) is 2. The maximum absolute atomic E-state index is 10.3. The van der Waals surface area contributed by atoms with Crippen molar-refractivity contribution >= 4 is 5.97 Å². The molecule has 4 heteroatoms. The summed E-state index contributed by atoms with van der Waals surface area (Å²) in [6.45, 7) is 0.988. The molecule has 4 nitrogen and oxygen atoms in total. The molecule has 1 aliphatic rings. The van der Waals surface area contributed by atoms with Gasteiger partial charge in [-0.15, -0.1) is 0 Å². The highest BCUT2D eigenvalue weighted by molar-refractivity contribution is 5.66. The number of carboxylic acids is 1. The minimum Gasteiger partial charge on any atom is -0.481 e. The SMILES string of the molecule is O=C(O)CCc1cc2n(n1)CCC2. The molecule has 0 bridgehead atoms. The van der Waals surface area contributed by atoms with E-state index in [1.807, 2.05) is 10.7 Å². The van der Waals surface area contributed by atoms with Gasteiger partial charge in [0.25, 0.3) is 0 Å². The van der Waals surface area contributed by atoms with Gasteiger partial charge in [-0.1, -0.05) is 0 Å². The molecule has 1 aromatic rings. The zero-order chi connectivity index (χ0) is 9.26. The van der Waals surface area contributed by atoms with E-state index < -0.39 is 5.97 Å². The van der Waals surface area contributed by atoms with Gasteiger partial charge in [-0.3, -0.25) is 9.48 Å². The maximum Gasteiger partial charge on any atom is 0.303 e. The number of hydrogen-bond donors (Lipinski definition) is 1. The Labute approximate surface area is 76.2 Å². The van der Waals surface area contributed by atoms with Gasteiger partial charge in [0.2, 0.25) is 0 Å². The normalized spacial score (nSPS) is 14.5. The van der Waals surface area contributed by atoms with Gasteiger partial charge in [0.05, 0.1) is 12.1 Å². The topological polar surface area (TPSA) is 55.1 Å². The molecule has 0 spiro atoms. The van der Waals surface area contributed by atoms with Gasteiger partial charge in [-0.2, -0.15) is 5.10 Å². The minimum absolute atomic E-state index is 0.177. The molecule has 0 aromatic carbocycles. The van der Waals surface area contributed by atoms with Crippen molar-refractivity contribution in [2.24, 2.45) is 0 Å². The summed E-state index contributed by atoms with van der Waals surface area (Å²) in [5.74, 6) is -0.756. The van der Waals surface area contributed by atoms with Crippen LogP contribution in [0.5, 0.6) is 0 Å². The Bertz CT molecular complexity index is 309. The summed E-state index contributed by atoms with van der Waals surface area (Å²) >= 11 is 0. The molecule has 1 aromatic heterocycles. The lowest BCUT2D eigenvalue weighted by atomic mass is 10.2. The summed E-state index contributed by atoms with van der Waals surface area (Å²) in [6.07, 6.45) is 2.98. The van der Waals surface area contributed by atoms with E-state index in [1.165, 1.54) is 12.1 Å². The molecule has 1 N–H and O–H groups in total. The summed E-state index contributed by atoms with van der Waals surface area (Å²) in [5, 5.41) is 12.8. The smallest absolute Gasteiger partial charge is 0.303 e. The third kappa shape index (κ3) is 1.71. The van der Waals surface area contributed by atoms with E-state index in [-0.39, 0.29) is 6.42 Å². The lowest BCUT2D eigenvalue weighted by molar-refractivity contribution is -0.136. The Morgan fingerprint density at radius 1 is 1.69 bits per heavy atom. The molecule has 0 aliphatic carbocycles. The Kier molecular flexibility index (Phi) is 2.04. The van der Waals surface area contributed by atoms with Crippen molar-refractivity contribution in [1.82, 2.24) is 9.78 Å². The fourth-order valence-electron chi connectivity index (χ4n) is 1.68. The molecule has 0 amide bonds. The number of aromatic nitrogens is 2. The molecule has 0 unspecified atom stereocenters. The predicted molar refractivity (Wildman–Crippen MR) is 46.5 cm³/mol. The monoisotopic (exact) mass is 180 g/mol. The average Bonchev–Trinajstić information content (AvgIpc) is 2.58. The van der Waals surface area contributed by atoms with Crippen LogP contribution in [0, 0.1) is 0 Å². The first-order valence-electron chi connectivity index (χ1n) is 4.53. The summed E-state index contributed by atoms with van der Waals surface area (Å²) < 4.78 is 1.98. The van der Waals surface area contributed by atoms with Crippen LogP contribution in [-0.2, 0) is 24.2 Å². The van der Waals surface area contributed by atoms with Crippen molar-refractivity contribution in [2.75, 3.05) is 0 Å². The highest BCUT2D eigenvalue weighted by Gasteiger charge is 2.13. The predicted octanol–water partition coefficient (Wildman–Crippen LogP) is 0.847. The van der Waals surface area contributed by atoms with E-state index in [2.05, 4.69) is 5.10 Å². The van der Waals surface area contributed by atoms with Crippen LogP contribution >= 0.6 is 0 Å². The maximum atomic E-state index is 10.3. The summed E-state index contributed by atoms with van der Waals surface area (Å²) in [5.41, 5.74) is 2.16. The van der Waals surface area contributed by atoms with Gasteiger partial charge >= 0.3 is 5.97 Å². The van der Waals surface area contributed by atoms with E-state index in [1.54, 1.807) is 0 Å². The molecule has 1 aliphatic heterocycles. The van der Waals surface area contributed by atoms with Crippen LogP contribution in [0.25, 0.3) is 0 Å². The third-order valence-corrected chi connectivity index (χ3v) is 2.31. The van der Waals surface area contributed by atoms with Gasteiger partial charge in [-0.05, 0) is 18.9 Å². The number of rotatable bonds is 3. The van der Waals surface area contributed by atoms with Crippen molar-refractivity contribution < 1.29 is 9.90 Å². The van der Waals surface area contributed by atoms with Crippen molar-refractivity contribution in [3.8, 4) is 0 Å². The van der Waals surface area contributed by atoms with E-state index in [9.17, 15) is 4.79 Å². The number of aryl methyl sites for hydroxylation is 3. The lowest BCUT2D eigenvalue weighted by Gasteiger charge is -1.93. The van der Waals surface area contributed by atoms with Crippen LogP contribution in [0.3, 0.4) is 0 Å². The first-order chi connectivity index (χ1) is 6.25. The molecule has 0 saturated carbocycles. The third-order valence-electron chi connectivity index (χ3n) is 2.31. The minimum atomic E-state index is -0.756. The van der Waals surface area contributed by atoms with Crippen LogP contribution in [0.2, 0.25) is 0 Å². The van der Waals surface area contributed by atoms with Crippen LogP contribution < -0.4 is 0 Å². The van der Waals surface area contributed by atoms with Crippen molar-refractivity contribution in [2.45, 2.75) is 32.2 Å². The van der Waals surface area contributed by atoms with Crippen molar-refractivity contribution in [3.05, 3.63) is 17.5 Å². The van der Waals surface area contributed by atoms with Gasteiger partial charge < -0.3 is 5.11 Å². The molecular weight excluding hydrogens is 168 g/mol. The zero-order valence-corrected chi connectivity index (χ0v) is 7.36. The lowest BCUT2D eigenvalue weighted by Crippen LogP contribution is -2.00. The van der Waals surface area contributed by atoms with E-state index in [4.69, 9.17) is 5.11 Å². The molecule has 0 radical (unpaired) electrons. The van der Waals surface area contributed by atoms with E-state index in [0.717, 1.165) is 18.7 Å². The van der Waals surface area contributed by atoms with Gasteiger partial charge in [-0.25, -0.2) is 0 Å². The first kappa shape index (κ1) is 8.29. The molecule has 70 valence electrons. The van der Waals surface area contributed by atoms with Crippen LogP contribution in [-0.4, -0.2) is 20.9 Å². The summed E-state index contributed by atoms with van der Waals surface area (Å²) in [4.78, 5) is 10.3. The molecule has 0 fully saturated rings. The fourth-order valence-corrected chi connectivity index (χ4v) is 1.68. The molecule has 2 rings (SSSR count). The number of carboxylic acid groups (broad SMARTS) is 1. The molecular formula is C9H12N2O2. The zero-order valence-electron chi connectivity index (χ0n) is 7.36. The summed E-state index contributed by atoms with van der Waals surface area (Å²) in [6, 6.07) is 2.02. The summed E-state index contributed by atoms with van der Waals surface area (Å²) in [7, 11) is 0. The van der Waals surface area contributed by atoms with Crippen LogP contribution in [0.1, 0.15) is 24.2 Å². The molecule has 2 heterocycles. The average molecular weight is 180 g/mol. The van der Waals surface area contributed by atoms with Crippen LogP contribution in [0.15, 0.2) is 6.07 Å². The quantitative estimate of drug-likeness (QED) is 0.750. The fraction of sp³-hybridized carbons (Fsp3) is 0.556. The number of aliphatic carboxylic acids is 1. The van der Waals surface area contributed by atoms with E-state index >= 15 is 0 Å². The molecule has 0 atom stereocenters. The first-order valence-corrected chi connectivity index (χ1v) is 4.53. The second-order valence-corrected chi connectivity index (χ2v) is 3.35. The standard InChI is InChI=1S/C9H12N2O2/c12-9(13)4-3-7-6-8-2-1-5-11(8)10-7/h6H,1-5H2,(H,12,13). The van der Waals surface area contributed by atoms with Gasteiger partial charge in [0, 0.05) is 18.7 Å². The Morgan fingerprint density at radius 2 is 2.54 bits per heavy atom. The van der Waals surface area contributed by atoms with E-state index in [0.29, 0.717) is 6.42 Å². The second kappa shape index (κ2) is 3.20. The largest absolute Gasteiger partial charge is 0.481 e. The second-order valence-electron chi connectivity index (χ2n) is 3.35. The Hall–Kier alpha value is -1.32. The van der Waals surface area contributed by atoms with Crippen LogP contribution in [0.4, 0.5) is 0 Å². The van der Waals surface area contributed by atoms with Crippen molar-refractivity contribution in [3.63, 3.8) is 0 Å². The highest BCUT2D eigenvalue weighted by atomic mass is 16.4.